The predicted octanol–water partition coefficient (Wildman–Crippen LogP) is 4.79. The Balaban J connectivity index is 1.45. The minimum atomic E-state index is -1.15. The fraction of sp³-hybridized carbons (Fsp3) is 0.0968. The van der Waals surface area contributed by atoms with Crippen LogP contribution in [0.3, 0.4) is 0 Å². The Morgan fingerprint density at radius 2 is 1.28 bits per heavy atom. The zero-order valence-corrected chi connectivity index (χ0v) is 21.1. The van der Waals surface area contributed by atoms with Gasteiger partial charge in [-0.25, -0.2) is 0 Å². The molecular formula is C31H25N3O5. The molecule has 8 nitrogen and oxygen atoms in total. The highest BCUT2D eigenvalue weighted by Gasteiger charge is 2.42. The summed E-state index contributed by atoms with van der Waals surface area (Å²) in [4.78, 5) is 54.6. The van der Waals surface area contributed by atoms with Gasteiger partial charge in [0.2, 0.25) is 5.91 Å². The third-order valence-electron chi connectivity index (χ3n) is 6.50. The topological polar surface area (TPSA) is 105 Å². The normalized spacial score (nSPS) is 13.0. The second-order valence-corrected chi connectivity index (χ2v) is 8.92. The van der Waals surface area contributed by atoms with Crippen LogP contribution in [-0.2, 0) is 11.2 Å². The fourth-order valence-corrected chi connectivity index (χ4v) is 4.57. The number of benzene rings is 4. The number of nitrogens with zero attached hydrogens (tertiary/aromatic N) is 1. The summed E-state index contributed by atoms with van der Waals surface area (Å²) in [5, 5.41) is 5.60. The molecule has 0 aliphatic carbocycles. The lowest BCUT2D eigenvalue weighted by atomic mass is 10.0. The quantitative estimate of drug-likeness (QED) is 0.326. The number of anilines is 2. The largest absolute Gasteiger partial charge is 0.495 e. The van der Waals surface area contributed by atoms with E-state index in [-0.39, 0.29) is 28.8 Å². The van der Waals surface area contributed by atoms with Gasteiger partial charge < -0.3 is 15.4 Å². The van der Waals surface area contributed by atoms with Crippen LogP contribution in [0.25, 0.3) is 0 Å². The van der Waals surface area contributed by atoms with Gasteiger partial charge >= 0.3 is 0 Å². The highest BCUT2D eigenvalue weighted by molar-refractivity contribution is 6.23. The zero-order chi connectivity index (χ0) is 27.4. The number of imide groups is 1. The van der Waals surface area contributed by atoms with Crippen molar-refractivity contribution < 1.29 is 23.9 Å². The van der Waals surface area contributed by atoms with Crippen molar-refractivity contribution in [3.05, 3.63) is 125 Å². The predicted molar refractivity (Wildman–Crippen MR) is 147 cm³/mol. The number of hydrogen-bond acceptors (Lipinski definition) is 5. The minimum absolute atomic E-state index is 0.105. The van der Waals surface area contributed by atoms with Crippen LogP contribution in [0.4, 0.5) is 11.4 Å². The molecule has 5 rings (SSSR count). The average molecular weight is 520 g/mol. The Hall–Kier alpha value is -5.24. The van der Waals surface area contributed by atoms with Gasteiger partial charge in [0.15, 0.2) is 0 Å². The number of amides is 4. The van der Waals surface area contributed by atoms with E-state index in [0.29, 0.717) is 11.4 Å². The number of carbonyl (C=O) groups is 4. The number of rotatable bonds is 8. The Morgan fingerprint density at radius 3 is 1.95 bits per heavy atom. The Labute approximate surface area is 225 Å². The van der Waals surface area contributed by atoms with Crippen molar-refractivity contribution in [2.75, 3.05) is 17.7 Å². The third-order valence-corrected chi connectivity index (χ3v) is 6.50. The number of ether oxygens (including phenoxy) is 1. The van der Waals surface area contributed by atoms with Gasteiger partial charge in [-0.2, -0.15) is 0 Å². The maximum absolute atomic E-state index is 13.8. The lowest BCUT2D eigenvalue weighted by Crippen LogP contribution is -2.48. The molecule has 1 aliphatic rings. The molecule has 1 heterocycles. The number of methoxy groups -OCH3 is 1. The second kappa shape index (κ2) is 11.0. The summed E-state index contributed by atoms with van der Waals surface area (Å²) in [6.45, 7) is 0. The molecule has 1 atom stereocenters. The van der Waals surface area contributed by atoms with Gasteiger partial charge in [-0.3, -0.25) is 24.1 Å². The Kier molecular flexibility index (Phi) is 7.18. The summed E-state index contributed by atoms with van der Waals surface area (Å²) in [6, 6.07) is 28.0. The van der Waals surface area contributed by atoms with Crippen LogP contribution < -0.4 is 15.4 Å². The molecule has 4 amide bonds. The van der Waals surface area contributed by atoms with E-state index in [4.69, 9.17) is 4.74 Å². The molecule has 4 aromatic rings. The lowest BCUT2D eigenvalue weighted by Gasteiger charge is -2.26. The van der Waals surface area contributed by atoms with Gasteiger partial charge in [-0.05, 0) is 42.0 Å². The number of fused-ring (bicyclic) bond motifs is 1. The van der Waals surface area contributed by atoms with Crippen LogP contribution in [0.2, 0.25) is 0 Å². The van der Waals surface area contributed by atoms with Crippen molar-refractivity contribution in [3.63, 3.8) is 0 Å². The van der Waals surface area contributed by atoms with Crippen molar-refractivity contribution in [2.24, 2.45) is 0 Å². The Bertz CT molecular complexity index is 1530. The third kappa shape index (κ3) is 5.13. The summed E-state index contributed by atoms with van der Waals surface area (Å²) >= 11 is 0. The van der Waals surface area contributed by atoms with Crippen molar-refractivity contribution in [3.8, 4) is 5.75 Å². The van der Waals surface area contributed by atoms with Gasteiger partial charge in [0.25, 0.3) is 17.7 Å². The van der Waals surface area contributed by atoms with E-state index in [1.165, 1.54) is 7.11 Å². The summed E-state index contributed by atoms with van der Waals surface area (Å²) in [7, 11) is 1.51. The average Bonchev–Trinajstić information content (AvgIpc) is 3.22. The number of hydrogen-bond donors (Lipinski definition) is 2. The molecule has 4 aromatic carbocycles. The standard InChI is InChI=1S/C31H25N3O5/c1-39-27-18-10-9-17-25(27)33-28(35)23-15-7-8-16-24(23)32-29(36)26(19-20-11-3-2-4-12-20)34-30(37)21-13-5-6-14-22(21)31(34)38/h2-18,26H,19H2,1H3,(H,32,36)(H,33,35). The molecule has 1 unspecified atom stereocenters. The molecule has 0 bridgehead atoms. The number of carbonyl (C=O) groups excluding carboxylic acids is 4. The molecule has 0 fully saturated rings. The van der Waals surface area contributed by atoms with Gasteiger partial charge in [0.1, 0.15) is 11.8 Å². The summed E-state index contributed by atoms with van der Waals surface area (Å²) in [6.07, 6.45) is 0.105. The maximum atomic E-state index is 13.8. The molecule has 194 valence electrons. The molecule has 0 saturated heterocycles. The van der Waals surface area contributed by atoms with E-state index in [0.717, 1.165) is 10.5 Å². The molecule has 0 saturated carbocycles. The van der Waals surface area contributed by atoms with Gasteiger partial charge in [0, 0.05) is 6.42 Å². The molecule has 2 N–H and O–H groups in total. The van der Waals surface area contributed by atoms with Gasteiger partial charge in [-0.15, -0.1) is 0 Å². The van der Waals surface area contributed by atoms with E-state index >= 15 is 0 Å². The van der Waals surface area contributed by atoms with Crippen LogP contribution >= 0.6 is 0 Å². The molecule has 39 heavy (non-hydrogen) atoms. The Morgan fingerprint density at radius 1 is 0.718 bits per heavy atom. The van der Waals surface area contributed by atoms with Crippen molar-refractivity contribution in [1.82, 2.24) is 4.90 Å². The smallest absolute Gasteiger partial charge is 0.262 e. The first-order valence-electron chi connectivity index (χ1n) is 12.3. The van der Waals surface area contributed by atoms with E-state index in [1.807, 2.05) is 30.3 Å². The van der Waals surface area contributed by atoms with Crippen LogP contribution in [0.1, 0.15) is 36.6 Å². The summed E-state index contributed by atoms with van der Waals surface area (Å²) in [5.41, 5.74) is 2.20. The van der Waals surface area contributed by atoms with Crippen LogP contribution in [0.15, 0.2) is 103 Å². The van der Waals surface area contributed by atoms with E-state index in [9.17, 15) is 19.2 Å². The molecule has 0 spiro atoms. The van der Waals surface area contributed by atoms with Gasteiger partial charge in [0.05, 0.1) is 35.2 Å². The van der Waals surface area contributed by atoms with Crippen LogP contribution in [0, 0.1) is 0 Å². The molecule has 0 aromatic heterocycles. The first-order chi connectivity index (χ1) is 19.0. The van der Waals surface area contributed by atoms with Crippen LogP contribution in [0.5, 0.6) is 5.75 Å². The lowest BCUT2D eigenvalue weighted by molar-refractivity contribution is -0.119. The molecule has 8 heteroatoms. The highest BCUT2D eigenvalue weighted by atomic mass is 16.5. The minimum Gasteiger partial charge on any atom is -0.495 e. The highest BCUT2D eigenvalue weighted by Crippen LogP contribution is 2.28. The molecule has 0 radical (unpaired) electrons. The summed E-state index contributed by atoms with van der Waals surface area (Å²) < 4.78 is 5.31. The molecule has 1 aliphatic heterocycles. The van der Waals surface area contributed by atoms with E-state index < -0.39 is 29.7 Å². The van der Waals surface area contributed by atoms with Crippen LogP contribution in [-0.4, -0.2) is 41.7 Å². The fourth-order valence-electron chi connectivity index (χ4n) is 4.57. The first-order valence-corrected chi connectivity index (χ1v) is 12.3. The summed E-state index contributed by atoms with van der Waals surface area (Å²) in [5.74, 6) is -1.63. The van der Waals surface area contributed by atoms with Gasteiger partial charge in [-0.1, -0.05) is 66.7 Å². The SMILES string of the molecule is COc1ccccc1NC(=O)c1ccccc1NC(=O)C(Cc1ccccc1)N1C(=O)c2ccccc2C1=O. The number of para-hydroxylation sites is 3. The zero-order valence-electron chi connectivity index (χ0n) is 21.1. The second-order valence-electron chi connectivity index (χ2n) is 8.92. The first kappa shape index (κ1) is 25.4. The monoisotopic (exact) mass is 519 g/mol. The maximum Gasteiger partial charge on any atom is 0.262 e. The van der Waals surface area contributed by atoms with Crippen molar-refractivity contribution in [2.45, 2.75) is 12.5 Å². The van der Waals surface area contributed by atoms with E-state index in [1.54, 1.807) is 72.8 Å². The van der Waals surface area contributed by atoms with Crippen molar-refractivity contribution in [1.29, 1.82) is 0 Å². The van der Waals surface area contributed by atoms with E-state index in [2.05, 4.69) is 10.6 Å². The molecular weight excluding hydrogens is 494 g/mol. The number of nitrogens with one attached hydrogen (secondary N) is 2. The van der Waals surface area contributed by atoms with Crippen molar-refractivity contribution >= 4 is 35.0 Å².